The second-order valence-electron chi connectivity index (χ2n) is 6.49. The zero-order valence-corrected chi connectivity index (χ0v) is 14.1. The number of aryl methyl sites for hydroxylation is 1. The molecule has 1 amide bonds. The molecule has 0 aromatic carbocycles. The second-order valence-corrected chi connectivity index (χ2v) is 6.49. The van der Waals surface area contributed by atoms with Crippen molar-refractivity contribution in [3.63, 3.8) is 0 Å². The smallest absolute Gasteiger partial charge is 0.257 e. The minimum Gasteiger partial charge on any atom is -0.370 e. The Morgan fingerprint density at radius 1 is 1.42 bits per heavy atom. The number of carbonyl (C=O) groups excluding carboxylic acids is 1. The number of likely N-dealkylation sites (tertiary alicyclic amines) is 1. The summed E-state index contributed by atoms with van der Waals surface area (Å²) in [6.45, 7) is 6.74. The van der Waals surface area contributed by atoms with Gasteiger partial charge in [0.25, 0.3) is 5.91 Å². The van der Waals surface area contributed by atoms with Gasteiger partial charge in [0.05, 0.1) is 42.4 Å². The minimum absolute atomic E-state index is 0.0416. The van der Waals surface area contributed by atoms with Crippen LogP contribution in [0.3, 0.4) is 0 Å². The van der Waals surface area contributed by atoms with Crippen LogP contribution in [-0.4, -0.2) is 54.8 Å². The summed E-state index contributed by atoms with van der Waals surface area (Å²) < 4.78 is 9.72. The van der Waals surface area contributed by atoms with Crippen molar-refractivity contribution >= 4 is 5.91 Å². The van der Waals surface area contributed by atoms with Crippen molar-refractivity contribution in [2.75, 3.05) is 13.1 Å². The highest BCUT2D eigenvalue weighted by atomic mass is 16.5. The van der Waals surface area contributed by atoms with Gasteiger partial charge < -0.3 is 9.64 Å². The van der Waals surface area contributed by atoms with Crippen LogP contribution in [0.25, 0.3) is 0 Å². The third kappa shape index (κ3) is 2.41. The fourth-order valence-corrected chi connectivity index (χ4v) is 3.63. The van der Waals surface area contributed by atoms with Crippen molar-refractivity contribution in [1.82, 2.24) is 29.7 Å². The first-order valence-electron chi connectivity index (χ1n) is 8.51. The summed E-state index contributed by atoms with van der Waals surface area (Å²) >= 11 is 0. The van der Waals surface area contributed by atoms with Crippen LogP contribution in [0.5, 0.6) is 0 Å². The molecule has 2 aromatic heterocycles. The first kappa shape index (κ1) is 15.3. The Labute approximate surface area is 140 Å². The molecule has 8 heteroatoms. The van der Waals surface area contributed by atoms with E-state index in [0.29, 0.717) is 25.3 Å². The van der Waals surface area contributed by atoms with Crippen molar-refractivity contribution in [1.29, 1.82) is 0 Å². The van der Waals surface area contributed by atoms with Gasteiger partial charge in [-0.15, -0.1) is 5.10 Å². The molecule has 2 aliphatic heterocycles. The summed E-state index contributed by atoms with van der Waals surface area (Å²) in [5.74, 6) is 0.0422. The van der Waals surface area contributed by atoms with Gasteiger partial charge in [0.1, 0.15) is 0 Å². The summed E-state index contributed by atoms with van der Waals surface area (Å²) in [7, 11) is 0. The second kappa shape index (κ2) is 6.01. The van der Waals surface area contributed by atoms with E-state index in [1.807, 2.05) is 21.2 Å². The monoisotopic (exact) mass is 330 g/mol. The van der Waals surface area contributed by atoms with Crippen LogP contribution in [-0.2, 0) is 17.9 Å². The first-order chi connectivity index (χ1) is 11.7. The normalized spacial score (nSPS) is 23.0. The lowest BCUT2D eigenvalue weighted by Crippen LogP contribution is -2.50. The summed E-state index contributed by atoms with van der Waals surface area (Å²) in [4.78, 5) is 14.8. The highest BCUT2D eigenvalue weighted by Crippen LogP contribution is 2.30. The maximum absolute atomic E-state index is 12.9. The Morgan fingerprint density at radius 3 is 3.12 bits per heavy atom. The van der Waals surface area contributed by atoms with Crippen LogP contribution in [0.4, 0.5) is 0 Å². The van der Waals surface area contributed by atoms with E-state index < -0.39 is 0 Å². The molecule has 1 saturated heterocycles. The number of piperidine rings is 1. The molecule has 0 aliphatic carbocycles. The van der Waals surface area contributed by atoms with E-state index in [0.717, 1.165) is 30.8 Å². The molecule has 4 heterocycles. The zero-order chi connectivity index (χ0) is 16.7. The Balaban J connectivity index is 1.55. The van der Waals surface area contributed by atoms with Gasteiger partial charge in [-0.25, -0.2) is 4.68 Å². The number of hydrogen-bond acceptors (Lipinski definition) is 5. The largest absolute Gasteiger partial charge is 0.370 e. The quantitative estimate of drug-likeness (QED) is 0.844. The number of rotatable bonds is 3. The van der Waals surface area contributed by atoms with E-state index >= 15 is 0 Å². The molecular weight excluding hydrogens is 308 g/mol. The van der Waals surface area contributed by atoms with Gasteiger partial charge in [-0.05, 0) is 19.8 Å². The van der Waals surface area contributed by atoms with Crippen LogP contribution < -0.4 is 0 Å². The molecule has 0 radical (unpaired) electrons. The molecule has 0 saturated carbocycles. The number of aromatic nitrogens is 5. The molecule has 2 atom stereocenters. The molecule has 128 valence electrons. The van der Waals surface area contributed by atoms with Crippen LogP contribution in [0.2, 0.25) is 0 Å². The van der Waals surface area contributed by atoms with Crippen molar-refractivity contribution in [2.45, 2.75) is 52.0 Å². The summed E-state index contributed by atoms with van der Waals surface area (Å²) in [6, 6.07) is 0.0416. The Kier molecular flexibility index (Phi) is 3.84. The predicted octanol–water partition coefficient (Wildman–Crippen LogP) is 1.18. The van der Waals surface area contributed by atoms with Crippen LogP contribution in [0, 0.1) is 6.92 Å². The summed E-state index contributed by atoms with van der Waals surface area (Å²) in [6.07, 6.45) is 5.34. The van der Waals surface area contributed by atoms with Gasteiger partial charge in [0.2, 0.25) is 0 Å². The molecule has 24 heavy (non-hydrogen) atoms. The lowest BCUT2D eigenvalue weighted by molar-refractivity contribution is -0.0605. The number of nitrogens with zero attached hydrogens (tertiary/aromatic N) is 6. The highest BCUT2D eigenvalue weighted by molar-refractivity contribution is 5.95. The molecule has 0 unspecified atom stereocenters. The fraction of sp³-hybridized carbons (Fsp3) is 0.625. The lowest BCUT2D eigenvalue weighted by Gasteiger charge is -2.40. The number of ether oxygens (including phenoxy) is 1. The molecule has 8 nitrogen and oxygen atoms in total. The van der Waals surface area contributed by atoms with Crippen molar-refractivity contribution in [3.05, 3.63) is 29.3 Å². The van der Waals surface area contributed by atoms with Crippen LogP contribution in [0.15, 0.2) is 12.4 Å². The van der Waals surface area contributed by atoms with E-state index in [1.54, 1.807) is 12.4 Å². The van der Waals surface area contributed by atoms with E-state index in [4.69, 9.17) is 4.74 Å². The maximum atomic E-state index is 12.9. The van der Waals surface area contributed by atoms with E-state index in [2.05, 4.69) is 22.3 Å². The maximum Gasteiger partial charge on any atom is 0.257 e. The predicted molar refractivity (Wildman–Crippen MR) is 85.4 cm³/mol. The first-order valence-corrected chi connectivity index (χ1v) is 8.51. The van der Waals surface area contributed by atoms with Gasteiger partial charge in [0, 0.05) is 25.3 Å². The minimum atomic E-state index is 0.0416. The lowest BCUT2D eigenvalue weighted by atomic mass is 9.99. The van der Waals surface area contributed by atoms with Crippen molar-refractivity contribution < 1.29 is 9.53 Å². The standard InChI is InChI=1S/C16H22N6O2/c1-3-5-21-11(2)13(8-18-21)16(23)20-6-4-15-14(9-20)22-12(10-24-15)7-17-19-22/h7-8,14-15H,3-6,9-10H2,1-2H3/t14-,15+/m0/s1. The van der Waals surface area contributed by atoms with Crippen molar-refractivity contribution in [3.8, 4) is 0 Å². The van der Waals surface area contributed by atoms with Crippen LogP contribution in [0.1, 0.15) is 47.6 Å². The molecule has 1 fully saturated rings. The van der Waals surface area contributed by atoms with E-state index in [9.17, 15) is 4.79 Å². The van der Waals surface area contributed by atoms with Gasteiger partial charge >= 0.3 is 0 Å². The molecule has 4 rings (SSSR count). The number of hydrogen-bond donors (Lipinski definition) is 0. The topological polar surface area (TPSA) is 78.1 Å². The van der Waals surface area contributed by atoms with Crippen LogP contribution >= 0.6 is 0 Å². The highest BCUT2D eigenvalue weighted by Gasteiger charge is 2.38. The zero-order valence-electron chi connectivity index (χ0n) is 14.1. The van der Waals surface area contributed by atoms with Crippen molar-refractivity contribution in [2.24, 2.45) is 0 Å². The molecule has 0 bridgehead atoms. The Bertz CT molecular complexity index is 752. The van der Waals surface area contributed by atoms with Gasteiger partial charge in [-0.2, -0.15) is 5.10 Å². The average Bonchev–Trinajstić information content (AvgIpc) is 3.22. The van der Waals surface area contributed by atoms with Gasteiger partial charge in [-0.3, -0.25) is 9.48 Å². The number of carbonyl (C=O) groups is 1. The fourth-order valence-electron chi connectivity index (χ4n) is 3.63. The molecule has 0 spiro atoms. The molecule has 2 aliphatic rings. The van der Waals surface area contributed by atoms with E-state index in [-0.39, 0.29) is 18.1 Å². The molecule has 0 N–H and O–H groups in total. The molecular formula is C16H22N6O2. The average molecular weight is 330 g/mol. The third-order valence-corrected chi connectivity index (χ3v) is 4.98. The Hall–Kier alpha value is -2.22. The van der Waals surface area contributed by atoms with E-state index in [1.165, 1.54) is 0 Å². The number of amides is 1. The number of fused-ring (bicyclic) bond motifs is 3. The Morgan fingerprint density at radius 2 is 2.29 bits per heavy atom. The SMILES string of the molecule is CCCn1ncc(C(=O)N2CC[C@H]3OCc4cnnn4[C@H]3C2)c1C. The van der Waals surface area contributed by atoms with Gasteiger partial charge in [-0.1, -0.05) is 12.1 Å². The summed E-state index contributed by atoms with van der Waals surface area (Å²) in [5, 5.41) is 12.5. The summed E-state index contributed by atoms with van der Waals surface area (Å²) in [5.41, 5.74) is 2.60. The molecule has 2 aromatic rings. The third-order valence-electron chi connectivity index (χ3n) is 4.98. The van der Waals surface area contributed by atoms with Gasteiger partial charge in [0.15, 0.2) is 0 Å².